The average Bonchev–Trinajstić information content (AvgIpc) is 2.18. The Hall–Kier alpha value is -1.16. The van der Waals surface area contributed by atoms with Gasteiger partial charge in [-0.25, -0.2) is 0 Å². The molecule has 0 aliphatic heterocycles. The van der Waals surface area contributed by atoms with Gasteiger partial charge in [0.05, 0.1) is 8.15 Å². The zero-order valence-electron chi connectivity index (χ0n) is 8.00. The van der Waals surface area contributed by atoms with Crippen molar-refractivity contribution in [1.82, 2.24) is 0 Å². The lowest BCUT2D eigenvalue weighted by Crippen LogP contribution is -2.34. The molecule has 82 valence electrons. The SMILES string of the molecule is Nc1ccccc1P(O)CC(N)C(=O)O. The lowest BCUT2D eigenvalue weighted by Gasteiger charge is -2.14. The van der Waals surface area contributed by atoms with Crippen LogP contribution in [0.25, 0.3) is 0 Å². The summed E-state index contributed by atoms with van der Waals surface area (Å²) in [5.74, 6) is -1.12. The van der Waals surface area contributed by atoms with E-state index in [1.54, 1.807) is 24.3 Å². The first kappa shape index (κ1) is 11.9. The summed E-state index contributed by atoms with van der Waals surface area (Å²) in [6.07, 6.45) is 0.0128. The number of aliphatic carboxylic acids is 1. The number of benzene rings is 1. The number of nitrogens with two attached hydrogens (primary N) is 2. The molecule has 15 heavy (non-hydrogen) atoms. The molecule has 0 aliphatic carbocycles. The highest BCUT2D eigenvalue weighted by atomic mass is 31.1. The summed E-state index contributed by atoms with van der Waals surface area (Å²) < 4.78 is 0. The van der Waals surface area contributed by atoms with Crippen molar-refractivity contribution in [3.63, 3.8) is 0 Å². The fraction of sp³-hybridized carbons (Fsp3) is 0.222. The topological polar surface area (TPSA) is 110 Å². The molecule has 6 heteroatoms. The second-order valence-corrected chi connectivity index (χ2v) is 4.73. The molecule has 0 saturated carbocycles. The van der Waals surface area contributed by atoms with Crippen molar-refractivity contribution in [3.05, 3.63) is 24.3 Å². The molecular formula is C9H13N2O3P. The zero-order valence-corrected chi connectivity index (χ0v) is 8.89. The molecule has 1 rings (SSSR count). The van der Waals surface area contributed by atoms with Gasteiger partial charge in [0.1, 0.15) is 6.04 Å². The predicted molar refractivity (Wildman–Crippen MR) is 60.1 cm³/mol. The molecule has 0 saturated heterocycles. The smallest absolute Gasteiger partial charge is 0.320 e. The van der Waals surface area contributed by atoms with Crippen molar-refractivity contribution in [2.24, 2.45) is 5.73 Å². The second kappa shape index (κ2) is 5.07. The van der Waals surface area contributed by atoms with Gasteiger partial charge in [-0.3, -0.25) is 4.79 Å². The molecule has 2 unspecified atom stereocenters. The maximum Gasteiger partial charge on any atom is 0.320 e. The van der Waals surface area contributed by atoms with Crippen molar-refractivity contribution in [1.29, 1.82) is 0 Å². The number of carboxylic acids is 1. The maximum absolute atomic E-state index is 10.5. The van der Waals surface area contributed by atoms with Crippen molar-refractivity contribution < 1.29 is 14.8 Å². The maximum atomic E-state index is 10.5. The Morgan fingerprint density at radius 3 is 2.60 bits per heavy atom. The normalized spacial score (nSPS) is 14.5. The fourth-order valence-corrected chi connectivity index (χ4v) is 2.44. The summed E-state index contributed by atoms with van der Waals surface area (Å²) in [6, 6.07) is 5.77. The minimum absolute atomic E-state index is 0.0128. The molecule has 0 heterocycles. The molecular weight excluding hydrogens is 215 g/mol. The summed E-state index contributed by atoms with van der Waals surface area (Å²) in [5, 5.41) is 9.16. The Labute approximate surface area is 88.5 Å². The Morgan fingerprint density at radius 2 is 2.07 bits per heavy atom. The van der Waals surface area contributed by atoms with E-state index < -0.39 is 20.2 Å². The largest absolute Gasteiger partial charge is 0.480 e. The molecule has 6 N–H and O–H groups in total. The van der Waals surface area contributed by atoms with Crippen LogP contribution in [0.4, 0.5) is 5.69 Å². The molecule has 0 aromatic heterocycles. The van der Waals surface area contributed by atoms with Crippen LogP contribution < -0.4 is 16.8 Å². The number of carboxylic acid groups (broad SMARTS) is 1. The molecule has 0 aliphatic rings. The summed E-state index contributed by atoms with van der Waals surface area (Å²) >= 11 is 0. The highest BCUT2D eigenvalue weighted by Gasteiger charge is 2.19. The van der Waals surface area contributed by atoms with Gasteiger partial charge in [0.15, 0.2) is 0 Å². The first-order valence-corrected chi connectivity index (χ1v) is 5.79. The number of rotatable bonds is 4. The van der Waals surface area contributed by atoms with Gasteiger partial charge >= 0.3 is 5.97 Å². The molecule has 0 radical (unpaired) electrons. The third-order valence-corrected chi connectivity index (χ3v) is 3.60. The van der Waals surface area contributed by atoms with E-state index in [4.69, 9.17) is 16.6 Å². The number of anilines is 1. The molecule has 5 nitrogen and oxygen atoms in total. The van der Waals surface area contributed by atoms with Gasteiger partial charge in [0, 0.05) is 17.2 Å². The van der Waals surface area contributed by atoms with E-state index in [1.807, 2.05) is 0 Å². The molecule has 0 bridgehead atoms. The van der Waals surface area contributed by atoms with Crippen LogP contribution in [0.1, 0.15) is 0 Å². The van der Waals surface area contributed by atoms with E-state index in [0.29, 0.717) is 11.0 Å². The van der Waals surface area contributed by atoms with Crippen molar-refractivity contribution >= 4 is 25.1 Å². The van der Waals surface area contributed by atoms with Crippen LogP contribution >= 0.6 is 8.15 Å². The highest BCUT2D eigenvalue weighted by Crippen LogP contribution is 2.31. The number of hydrogen-bond donors (Lipinski definition) is 4. The Morgan fingerprint density at radius 1 is 1.47 bits per heavy atom. The summed E-state index contributed by atoms with van der Waals surface area (Å²) in [6.45, 7) is 0. The Kier molecular flexibility index (Phi) is 4.03. The van der Waals surface area contributed by atoms with Gasteiger partial charge in [-0.15, -0.1) is 0 Å². The third-order valence-electron chi connectivity index (χ3n) is 1.90. The van der Waals surface area contributed by atoms with Crippen LogP contribution in [0.5, 0.6) is 0 Å². The molecule has 0 amide bonds. The van der Waals surface area contributed by atoms with E-state index in [2.05, 4.69) is 0 Å². The zero-order chi connectivity index (χ0) is 11.4. The van der Waals surface area contributed by atoms with E-state index >= 15 is 0 Å². The van der Waals surface area contributed by atoms with Gasteiger partial charge in [-0.1, -0.05) is 18.2 Å². The second-order valence-electron chi connectivity index (χ2n) is 3.09. The van der Waals surface area contributed by atoms with Crippen LogP contribution in [-0.2, 0) is 4.79 Å². The van der Waals surface area contributed by atoms with Crippen molar-refractivity contribution in [3.8, 4) is 0 Å². The summed E-state index contributed by atoms with van der Waals surface area (Å²) in [7, 11) is -1.60. The van der Waals surface area contributed by atoms with E-state index in [0.717, 1.165) is 0 Å². The van der Waals surface area contributed by atoms with E-state index in [1.165, 1.54) is 0 Å². The van der Waals surface area contributed by atoms with Crippen molar-refractivity contribution in [2.75, 3.05) is 11.9 Å². The average molecular weight is 228 g/mol. The monoisotopic (exact) mass is 228 g/mol. The van der Waals surface area contributed by atoms with E-state index in [9.17, 15) is 9.69 Å². The lowest BCUT2D eigenvalue weighted by molar-refractivity contribution is -0.137. The quantitative estimate of drug-likeness (QED) is 0.417. The molecule has 2 atom stereocenters. The van der Waals surface area contributed by atoms with Crippen LogP contribution in [0, 0.1) is 0 Å². The molecule has 1 aromatic rings. The van der Waals surface area contributed by atoms with Gasteiger partial charge < -0.3 is 21.5 Å². The predicted octanol–water partition coefficient (Wildman–Crippen LogP) is -0.305. The molecule has 0 spiro atoms. The van der Waals surface area contributed by atoms with Crippen molar-refractivity contribution in [2.45, 2.75) is 6.04 Å². The van der Waals surface area contributed by atoms with Gasteiger partial charge in [0.2, 0.25) is 0 Å². The third kappa shape index (κ3) is 3.16. The minimum atomic E-state index is -1.60. The lowest BCUT2D eigenvalue weighted by atomic mass is 10.3. The van der Waals surface area contributed by atoms with Crippen LogP contribution in [-0.4, -0.2) is 28.2 Å². The summed E-state index contributed by atoms with van der Waals surface area (Å²) in [4.78, 5) is 20.3. The van der Waals surface area contributed by atoms with Gasteiger partial charge in [0.25, 0.3) is 0 Å². The first-order chi connectivity index (χ1) is 7.02. The fourth-order valence-electron chi connectivity index (χ4n) is 1.09. The standard InChI is InChI=1S/C9H13N2O3P/c10-6-3-1-2-4-8(6)15(14)5-7(11)9(12)13/h1-4,7,14H,5,10-11H2,(H,12,13). The number of para-hydroxylation sites is 1. The van der Waals surface area contributed by atoms with Gasteiger partial charge in [-0.2, -0.15) is 0 Å². The molecule has 0 fully saturated rings. The number of hydrogen-bond acceptors (Lipinski definition) is 4. The highest BCUT2D eigenvalue weighted by molar-refractivity contribution is 7.60. The Balaban J connectivity index is 2.73. The van der Waals surface area contributed by atoms with E-state index in [-0.39, 0.29) is 6.16 Å². The van der Waals surface area contributed by atoms with Crippen LogP contribution in [0.3, 0.4) is 0 Å². The number of carbonyl (C=O) groups is 1. The van der Waals surface area contributed by atoms with Gasteiger partial charge in [-0.05, 0) is 6.07 Å². The Bertz CT molecular complexity index is 359. The number of nitrogen functional groups attached to an aromatic ring is 1. The minimum Gasteiger partial charge on any atom is -0.480 e. The first-order valence-electron chi connectivity index (χ1n) is 4.31. The van der Waals surface area contributed by atoms with Crippen LogP contribution in [0.15, 0.2) is 24.3 Å². The summed E-state index contributed by atoms with van der Waals surface area (Å²) in [5.41, 5.74) is 11.4. The molecule has 1 aromatic carbocycles. The van der Waals surface area contributed by atoms with Crippen LogP contribution in [0.2, 0.25) is 0 Å².